The maximum absolute atomic E-state index is 13.7. The fraction of sp³-hybridized carbons (Fsp3) is 0.409. The number of sulfonamides is 1. The van der Waals surface area contributed by atoms with Gasteiger partial charge in [0.15, 0.2) is 0 Å². The van der Waals surface area contributed by atoms with Gasteiger partial charge in [-0.05, 0) is 39.0 Å². The molecule has 2 aromatic carbocycles. The number of carbonyl (C=O) groups excluding carboxylic acids is 1. The van der Waals surface area contributed by atoms with Crippen molar-refractivity contribution in [3.8, 4) is 5.75 Å². The number of hydrogen-bond donors (Lipinski definition) is 0. The van der Waals surface area contributed by atoms with Gasteiger partial charge in [0, 0.05) is 12.0 Å². The van der Waals surface area contributed by atoms with Crippen molar-refractivity contribution in [3.63, 3.8) is 0 Å². The van der Waals surface area contributed by atoms with E-state index in [2.05, 4.69) is 0 Å². The van der Waals surface area contributed by atoms with Gasteiger partial charge in [-0.1, -0.05) is 35.4 Å². The van der Waals surface area contributed by atoms with Crippen LogP contribution in [0.25, 0.3) is 0 Å². The molecule has 0 aliphatic carbocycles. The summed E-state index contributed by atoms with van der Waals surface area (Å²) in [5.74, 6) is 0.269. The number of fused-ring (bicyclic) bond motifs is 4. The summed E-state index contributed by atoms with van der Waals surface area (Å²) in [6.07, 6.45) is 0.0958. The molecule has 0 radical (unpaired) electrons. The van der Waals surface area contributed by atoms with Gasteiger partial charge in [0.1, 0.15) is 11.9 Å². The molecule has 154 valence electrons. The highest BCUT2D eigenvalue weighted by molar-refractivity contribution is 7.89. The van der Waals surface area contributed by atoms with Crippen molar-refractivity contribution in [1.82, 2.24) is 4.31 Å². The van der Waals surface area contributed by atoms with Crippen molar-refractivity contribution < 1.29 is 22.7 Å². The Morgan fingerprint density at radius 3 is 2.52 bits per heavy atom. The third kappa shape index (κ3) is 3.53. The first-order valence-corrected chi connectivity index (χ1v) is 11.3. The van der Waals surface area contributed by atoms with E-state index in [9.17, 15) is 13.2 Å². The molecule has 7 heteroatoms. The van der Waals surface area contributed by atoms with Gasteiger partial charge in [-0.3, -0.25) is 4.79 Å². The van der Waals surface area contributed by atoms with E-state index < -0.39 is 22.0 Å². The normalized spacial score (nSPS) is 23.3. The fourth-order valence-corrected chi connectivity index (χ4v) is 6.08. The van der Waals surface area contributed by atoms with Crippen LogP contribution in [0.3, 0.4) is 0 Å². The highest BCUT2D eigenvalue weighted by Crippen LogP contribution is 2.49. The van der Waals surface area contributed by atoms with Gasteiger partial charge in [-0.25, -0.2) is 8.42 Å². The number of hydrogen-bond acceptors (Lipinski definition) is 5. The number of rotatable bonds is 5. The smallest absolute Gasteiger partial charge is 0.307 e. The molecule has 0 N–H and O–H groups in total. The van der Waals surface area contributed by atoms with Crippen LogP contribution in [0.15, 0.2) is 47.4 Å². The second-order valence-electron chi connectivity index (χ2n) is 7.67. The summed E-state index contributed by atoms with van der Waals surface area (Å²) in [5.41, 5.74) is 2.87. The molecule has 1 fully saturated rings. The van der Waals surface area contributed by atoms with E-state index in [1.807, 2.05) is 32.0 Å². The van der Waals surface area contributed by atoms with Crippen LogP contribution in [-0.2, 0) is 19.6 Å². The predicted octanol–water partition coefficient (Wildman–Crippen LogP) is 3.52. The van der Waals surface area contributed by atoms with Gasteiger partial charge in [0.05, 0.1) is 30.0 Å². The Hall–Kier alpha value is -2.38. The monoisotopic (exact) mass is 415 g/mol. The molecule has 2 aromatic rings. The maximum atomic E-state index is 13.7. The van der Waals surface area contributed by atoms with E-state index in [4.69, 9.17) is 9.47 Å². The summed E-state index contributed by atoms with van der Waals surface area (Å²) in [6.45, 7) is 5.87. The van der Waals surface area contributed by atoms with Crippen LogP contribution in [0.5, 0.6) is 5.75 Å². The maximum Gasteiger partial charge on any atom is 0.307 e. The standard InChI is InChI=1S/C22H25NO5S/c1-4-27-22(24)13-19-21-12-18(17-11-15(3)7-10-20(17)28-21)23(19)29(25,26)16-8-5-14(2)6-9-16/h5-11,18-19,21H,4,12-13H2,1-3H3. The van der Waals surface area contributed by atoms with Crippen molar-refractivity contribution in [2.75, 3.05) is 6.61 Å². The number of nitrogens with zero attached hydrogens (tertiary/aromatic N) is 1. The molecule has 2 bridgehead atoms. The van der Waals surface area contributed by atoms with Crippen LogP contribution in [0, 0.1) is 13.8 Å². The Morgan fingerprint density at radius 1 is 1.14 bits per heavy atom. The van der Waals surface area contributed by atoms with E-state index in [1.54, 1.807) is 31.2 Å². The zero-order chi connectivity index (χ0) is 20.8. The molecule has 4 rings (SSSR count). The Bertz CT molecular complexity index is 1030. The minimum absolute atomic E-state index is 0.0347. The molecule has 0 saturated carbocycles. The molecule has 0 aromatic heterocycles. The van der Waals surface area contributed by atoms with Crippen LogP contribution < -0.4 is 4.74 Å². The van der Waals surface area contributed by atoms with Crippen LogP contribution in [0.4, 0.5) is 0 Å². The number of aryl methyl sites for hydroxylation is 2. The Balaban J connectivity index is 1.80. The van der Waals surface area contributed by atoms with Crippen molar-refractivity contribution in [2.24, 2.45) is 0 Å². The molecule has 29 heavy (non-hydrogen) atoms. The van der Waals surface area contributed by atoms with Gasteiger partial charge in [-0.15, -0.1) is 0 Å². The lowest BCUT2D eigenvalue weighted by atomic mass is 9.97. The minimum atomic E-state index is -3.83. The van der Waals surface area contributed by atoms with Crippen molar-refractivity contribution in [2.45, 2.75) is 56.7 Å². The SMILES string of the molecule is CCOC(=O)CC1C2CC(c3cc(C)ccc3O2)N1S(=O)(=O)c1ccc(C)cc1. The first kappa shape index (κ1) is 19.9. The molecular formula is C22H25NO5S. The molecule has 0 amide bonds. The average molecular weight is 416 g/mol. The highest BCUT2D eigenvalue weighted by Gasteiger charge is 2.53. The van der Waals surface area contributed by atoms with Crippen molar-refractivity contribution in [1.29, 1.82) is 0 Å². The lowest BCUT2D eigenvalue weighted by Crippen LogP contribution is -2.42. The number of esters is 1. The van der Waals surface area contributed by atoms with E-state index >= 15 is 0 Å². The second kappa shape index (κ2) is 7.46. The molecule has 6 nitrogen and oxygen atoms in total. The third-order valence-corrected chi connectivity index (χ3v) is 7.55. The Morgan fingerprint density at radius 2 is 1.83 bits per heavy atom. The van der Waals surface area contributed by atoms with Crippen molar-refractivity contribution >= 4 is 16.0 Å². The molecular weight excluding hydrogens is 390 g/mol. The van der Waals surface area contributed by atoms with Gasteiger partial charge in [-0.2, -0.15) is 4.31 Å². The van der Waals surface area contributed by atoms with Gasteiger partial charge in [0.2, 0.25) is 10.0 Å². The predicted molar refractivity (Wildman–Crippen MR) is 108 cm³/mol. The minimum Gasteiger partial charge on any atom is -0.488 e. The van der Waals surface area contributed by atoms with Gasteiger partial charge < -0.3 is 9.47 Å². The molecule has 3 atom stereocenters. The topological polar surface area (TPSA) is 72.9 Å². The summed E-state index contributed by atoms with van der Waals surface area (Å²) in [4.78, 5) is 12.5. The first-order valence-electron chi connectivity index (χ1n) is 9.84. The second-order valence-corrected chi connectivity index (χ2v) is 9.52. The Kier molecular flexibility index (Phi) is 5.12. The number of carbonyl (C=O) groups is 1. The van der Waals surface area contributed by atoms with Crippen LogP contribution in [0.1, 0.15) is 42.5 Å². The highest BCUT2D eigenvalue weighted by atomic mass is 32.2. The zero-order valence-electron chi connectivity index (χ0n) is 16.8. The number of benzene rings is 2. The van der Waals surface area contributed by atoms with Crippen LogP contribution in [-0.4, -0.2) is 37.4 Å². The lowest BCUT2D eigenvalue weighted by molar-refractivity contribution is -0.144. The molecule has 1 saturated heterocycles. The van der Waals surface area contributed by atoms with E-state index in [-0.39, 0.29) is 30.1 Å². The molecule has 2 heterocycles. The molecule has 2 aliphatic heterocycles. The van der Waals surface area contributed by atoms with Crippen LogP contribution in [0.2, 0.25) is 0 Å². The Labute approximate surface area is 171 Å². The lowest BCUT2D eigenvalue weighted by Gasteiger charge is -2.28. The van der Waals surface area contributed by atoms with E-state index in [0.717, 1.165) is 16.7 Å². The summed E-state index contributed by atoms with van der Waals surface area (Å²) >= 11 is 0. The molecule has 2 aliphatic rings. The zero-order valence-corrected chi connectivity index (χ0v) is 17.6. The average Bonchev–Trinajstić information content (AvgIpc) is 2.96. The van der Waals surface area contributed by atoms with Gasteiger partial charge >= 0.3 is 5.97 Å². The summed E-state index contributed by atoms with van der Waals surface area (Å²) in [6, 6.07) is 11.6. The van der Waals surface area contributed by atoms with Gasteiger partial charge in [0.25, 0.3) is 0 Å². The van der Waals surface area contributed by atoms with E-state index in [0.29, 0.717) is 12.2 Å². The molecule has 0 spiro atoms. The summed E-state index contributed by atoms with van der Waals surface area (Å²) in [5, 5.41) is 0. The quantitative estimate of drug-likeness (QED) is 0.699. The largest absolute Gasteiger partial charge is 0.488 e. The first-order chi connectivity index (χ1) is 13.8. The van der Waals surface area contributed by atoms with E-state index in [1.165, 1.54) is 4.31 Å². The number of ether oxygens (including phenoxy) is 2. The molecule has 3 unspecified atom stereocenters. The summed E-state index contributed by atoms with van der Waals surface area (Å²) < 4.78 is 40.0. The summed E-state index contributed by atoms with van der Waals surface area (Å²) in [7, 11) is -3.83. The third-order valence-electron chi connectivity index (χ3n) is 5.60. The fourth-order valence-electron chi connectivity index (χ4n) is 4.26. The van der Waals surface area contributed by atoms with Crippen molar-refractivity contribution in [3.05, 3.63) is 59.2 Å². The van der Waals surface area contributed by atoms with Crippen LogP contribution >= 0.6 is 0 Å².